The van der Waals surface area contributed by atoms with Gasteiger partial charge in [0.2, 0.25) is 0 Å². The minimum atomic E-state index is -0.0910. The number of carbonyl (C=O) groups excluding carboxylic acids is 1. The molecule has 6 heteroatoms. The minimum absolute atomic E-state index is 0.0910. The molecule has 0 atom stereocenters. The van der Waals surface area contributed by atoms with Gasteiger partial charge in [-0.3, -0.25) is 4.90 Å². The highest BCUT2D eigenvalue weighted by molar-refractivity contribution is 5.89. The van der Waals surface area contributed by atoms with Gasteiger partial charge < -0.3 is 19.7 Å². The Kier molecular flexibility index (Phi) is 6.92. The average Bonchev–Trinajstić information content (AvgIpc) is 2.75. The molecule has 1 heterocycles. The van der Waals surface area contributed by atoms with Gasteiger partial charge in [-0.2, -0.15) is 0 Å². The van der Waals surface area contributed by atoms with Crippen LogP contribution in [-0.2, 0) is 0 Å². The topological polar surface area (TPSA) is 54.0 Å². The zero-order chi connectivity index (χ0) is 19.8. The number of methoxy groups -OCH3 is 2. The van der Waals surface area contributed by atoms with Crippen LogP contribution >= 0.6 is 0 Å². The Hall–Kier alpha value is -2.99. The zero-order valence-electron chi connectivity index (χ0n) is 16.4. The van der Waals surface area contributed by atoms with Crippen LogP contribution in [0.3, 0.4) is 0 Å². The van der Waals surface area contributed by atoms with Crippen molar-refractivity contribution in [3.8, 4) is 11.5 Å². The Labute approximate surface area is 166 Å². The number of ether oxygens (including phenoxy) is 2. The van der Waals surface area contributed by atoms with Gasteiger partial charge in [0.1, 0.15) is 0 Å². The third-order valence-electron chi connectivity index (χ3n) is 4.77. The van der Waals surface area contributed by atoms with Gasteiger partial charge in [-0.1, -0.05) is 42.5 Å². The predicted octanol–water partition coefficient (Wildman–Crippen LogP) is 3.57. The molecule has 0 aliphatic carbocycles. The van der Waals surface area contributed by atoms with Crippen LogP contribution in [0.4, 0.5) is 10.5 Å². The Bertz CT molecular complexity index is 800. The summed E-state index contributed by atoms with van der Waals surface area (Å²) in [7, 11) is 3.17. The van der Waals surface area contributed by atoms with Crippen molar-refractivity contribution in [2.24, 2.45) is 0 Å². The molecule has 2 aromatic carbocycles. The summed E-state index contributed by atoms with van der Waals surface area (Å²) in [6.07, 6.45) is 4.31. The van der Waals surface area contributed by atoms with E-state index < -0.39 is 0 Å². The molecule has 1 N–H and O–H groups in total. The third kappa shape index (κ3) is 5.27. The molecule has 0 saturated carbocycles. The van der Waals surface area contributed by atoms with Gasteiger partial charge in [0.05, 0.1) is 14.2 Å². The summed E-state index contributed by atoms with van der Waals surface area (Å²) in [5.74, 6) is 1.23. The SMILES string of the molecule is COc1ccc(NC(=O)N2CCN(CC=Cc3ccccc3)CC2)cc1OC. The molecular formula is C22H27N3O3. The van der Waals surface area contributed by atoms with Gasteiger partial charge in [-0.05, 0) is 17.7 Å². The van der Waals surface area contributed by atoms with Gasteiger partial charge in [-0.15, -0.1) is 0 Å². The van der Waals surface area contributed by atoms with Crippen molar-refractivity contribution in [2.45, 2.75) is 0 Å². The van der Waals surface area contributed by atoms with E-state index in [0.29, 0.717) is 30.3 Å². The quantitative estimate of drug-likeness (QED) is 0.831. The number of benzene rings is 2. The fourth-order valence-electron chi connectivity index (χ4n) is 3.15. The number of rotatable bonds is 6. The molecule has 148 valence electrons. The first-order valence-electron chi connectivity index (χ1n) is 9.41. The van der Waals surface area contributed by atoms with Crippen LogP contribution in [0.1, 0.15) is 5.56 Å². The molecule has 28 heavy (non-hydrogen) atoms. The van der Waals surface area contributed by atoms with Crippen LogP contribution in [-0.4, -0.2) is 62.8 Å². The average molecular weight is 381 g/mol. The van der Waals surface area contributed by atoms with E-state index in [-0.39, 0.29) is 6.03 Å². The Morgan fingerprint density at radius 2 is 1.71 bits per heavy atom. The smallest absolute Gasteiger partial charge is 0.321 e. The number of urea groups is 1. The number of hydrogen-bond donors (Lipinski definition) is 1. The molecule has 2 amide bonds. The normalized spacial score (nSPS) is 14.9. The maximum Gasteiger partial charge on any atom is 0.321 e. The fourth-order valence-corrected chi connectivity index (χ4v) is 3.15. The fraction of sp³-hybridized carbons (Fsp3) is 0.318. The van der Waals surface area contributed by atoms with Crippen molar-refractivity contribution in [3.63, 3.8) is 0 Å². The van der Waals surface area contributed by atoms with E-state index in [1.807, 2.05) is 29.2 Å². The van der Waals surface area contributed by atoms with Crippen molar-refractivity contribution >= 4 is 17.8 Å². The maximum atomic E-state index is 12.5. The van der Waals surface area contributed by atoms with Gasteiger partial charge in [-0.25, -0.2) is 4.79 Å². The third-order valence-corrected chi connectivity index (χ3v) is 4.77. The van der Waals surface area contributed by atoms with Crippen LogP contribution in [0.25, 0.3) is 6.08 Å². The minimum Gasteiger partial charge on any atom is -0.493 e. The number of nitrogens with zero attached hydrogens (tertiary/aromatic N) is 2. The summed E-state index contributed by atoms with van der Waals surface area (Å²) in [6.45, 7) is 4.02. The van der Waals surface area contributed by atoms with Crippen LogP contribution < -0.4 is 14.8 Å². The van der Waals surface area contributed by atoms with Gasteiger partial charge in [0.25, 0.3) is 0 Å². The molecule has 0 radical (unpaired) electrons. The highest BCUT2D eigenvalue weighted by Gasteiger charge is 2.20. The second kappa shape index (κ2) is 9.80. The van der Waals surface area contributed by atoms with E-state index >= 15 is 0 Å². The van der Waals surface area contributed by atoms with E-state index in [9.17, 15) is 4.79 Å². The molecule has 0 spiro atoms. The Morgan fingerprint density at radius 3 is 2.39 bits per heavy atom. The summed E-state index contributed by atoms with van der Waals surface area (Å²) in [4.78, 5) is 16.7. The van der Waals surface area contributed by atoms with Crippen LogP contribution in [0, 0.1) is 0 Å². The molecule has 1 aliphatic heterocycles. The predicted molar refractivity (Wildman–Crippen MR) is 112 cm³/mol. The largest absolute Gasteiger partial charge is 0.493 e. The second-order valence-corrected chi connectivity index (χ2v) is 6.60. The van der Waals surface area contributed by atoms with Gasteiger partial charge >= 0.3 is 6.03 Å². The lowest BCUT2D eigenvalue weighted by Crippen LogP contribution is -2.49. The number of piperazine rings is 1. The molecule has 1 aliphatic rings. The van der Waals surface area contributed by atoms with Crippen LogP contribution in [0.2, 0.25) is 0 Å². The number of nitrogens with one attached hydrogen (secondary N) is 1. The standard InChI is InChI=1S/C22H27N3O3/c1-27-20-11-10-19(17-21(20)28-2)23-22(26)25-15-13-24(14-16-25)12-6-9-18-7-4-3-5-8-18/h3-11,17H,12-16H2,1-2H3,(H,23,26). The van der Waals surface area contributed by atoms with Crippen LogP contribution in [0.5, 0.6) is 11.5 Å². The van der Waals surface area contributed by atoms with Gasteiger partial charge in [0, 0.05) is 44.5 Å². The zero-order valence-corrected chi connectivity index (χ0v) is 16.4. The highest BCUT2D eigenvalue weighted by Crippen LogP contribution is 2.29. The highest BCUT2D eigenvalue weighted by atomic mass is 16.5. The molecular weight excluding hydrogens is 354 g/mol. The summed E-state index contributed by atoms with van der Waals surface area (Å²) < 4.78 is 10.5. The van der Waals surface area contributed by atoms with Crippen molar-refractivity contribution < 1.29 is 14.3 Å². The molecule has 0 unspecified atom stereocenters. The first kappa shape index (κ1) is 19.8. The van der Waals surface area contributed by atoms with Crippen molar-refractivity contribution in [2.75, 3.05) is 52.3 Å². The van der Waals surface area contributed by atoms with Crippen LogP contribution in [0.15, 0.2) is 54.6 Å². The van der Waals surface area contributed by atoms with Crippen molar-refractivity contribution in [1.29, 1.82) is 0 Å². The molecule has 1 fully saturated rings. The van der Waals surface area contributed by atoms with E-state index in [0.717, 1.165) is 19.6 Å². The van der Waals surface area contributed by atoms with Gasteiger partial charge in [0.15, 0.2) is 11.5 Å². The molecule has 0 bridgehead atoms. The van der Waals surface area contributed by atoms with E-state index in [1.165, 1.54) is 5.56 Å². The lowest BCUT2D eigenvalue weighted by molar-refractivity contribution is 0.156. The lowest BCUT2D eigenvalue weighted by Gasteiger charge is -2.34. The Balaban J connectivity index is 1.46. The molecule has 1 saturated heterocycles. The lowest BCUT2D eigenvalue weighted by atomic mass is 10.2. The first-order chi connectivity index (χ1) is 13.7. The van der Waals surface area contributed by atoms with E-state index in [2.05, 4.69) is 34.5 Å². The summed E-state index contributed by atoms with van der Waals surface area (Å²) >= 11 is 0. The number of amides is 2. The number of anilines is 1. The summed E-state index contributed by atoms with van der Waals surface area (Å²) in [5.41, 5.74) is 1.89. The van der Waals surface area contributed by atoms with E-state index in [4.69, 9.17) is 9.47 Å². The maximum absolute atomic E-state index is 12.5. The summed E-state index contributed by atoms with van der Waals surface area (Å²) in [5, 5.41) is 2.94. The Morgan fingerprint density at radius 1 is 1.00 bits per heavy atom. The molecule has 6 nitrogen and oxygen atoms in total. The number of hydrogen-bond acceptors (Lipinski definition) is 4. The van der Waals surface area contributed by atoms with E-state index in [1.54, 1.807) is 26.4 Å². The second-order valence-electron chi connectivity index (χ2n) is 6.60. The molecule has 3 rings (SSSR count). The van der Waals surface area contributed by atoms with Crippen molar-refractivity contribution in [3.05, 3.63) is 60.2 Å². The number of carbonyl (C=O) groups is 1. The molecule has 0 aromatic heterocycles. The van der Waals surface area contributed by atoms with Crippen molar-refractivity contribution in [1.82, 2.24) is 9.80 Å². The first-order valence-corrected chi connectivity index (χ1v) is 9.41. The molecule has 2 aromatic rings. The summed E-state index contributed by atoms with van der Waals surface area (Å²) in [6, 6.07) is 15.5. The monoisotopic (exact) mass is 381 g/mol.